The van der Waals surface area contributed by atoms with E-state index in [9.17, 15) is 9.59 Å². The van der Waals surface area contributed by atoms with E-state index in [0.29, 0.717) is 30.1 Å². The number of aromatic nitrogens is 2. The SMILES string of the molecule is CC1Oc2c(cccc2C(=O)NCc2cccc(Cn3cnc4ccccc43)c2)NC1=O. The normalized spacial score (nSPS) is 15.0. The molecule has 0 aliphatic carbocycles. The van der Waals surface area contributed by atoms with Gasteiger partial charge in [-0.05, 0) is 42.3 Å². The number of rotatable bonds is 5. The quantitative estimate of drug-likeness (QED) is 0.509. The lowest BCUT2D eigenvalue weighted by molar-refractivity contribution is -0.122. The van der Waals surface area contributed by atoms with E-state index in [2.05, 4.69) is 38.4 Å². The molecule has 1 aromatic heterocycles. The molecule has 160 valence electrons. The number of benzene rings is 3. The van der Waals surface area contributed by atoms with Gasteiger partial charge in [-0.1, -0.05) is 42.5 Å². The maximum Gasteiger partial charge on any atom is 0.265 e. The Labute approximate surface area is 185 Å². The molecule has 3 aromatic carbocycles. The minimum atomic E-state index is -0.646. The van der Waals surface area contributed by atoms with Crippen LogP contribution < -0.4 is 15.4 Å². The van der Waals surface area contributed by atoms with Crippen molar-refractivity contribution in [1.29, 1.82) is 0 Å². The molecule has 0 bridgehead atoms. The van der Waals surface area contributed by atoms with Gasteiger partial charge in [-0.3, -0.25) is 9.59 Å². The lowest BCUT2D eigenvalue weighted by atomic mass is 10.1. The van der Waals surface area contributed by atoms with Crippen molar-refractivity contribution >= 4 is 28.5 Å². The van der Waals surface area contributed by atoms with Crippen LogP contribution in [0.25, 0.3) is 11.0 Å². The van der Waals surface area contributed by atoms with Gasteiger partial charge in [0.1, 0.15) is 0 Å². The predicted octanol–water partition coefficient (Wildman–Crippen LogP) is 3.73. The first kappa shape index (κ1) is 19.8. The first-order valence-electron chi connectivity index (χ1n) is 10.4. The second-order valence-corrected chi connectivity index (χ2v) is 7.80. The van der Waals surface area contributed by atoms with E-state index in [1.165, 1.54) is 0 Å². The van der Waals surface area contributed by atoms with Gasteiger partial charge < -0.3 is 19.9 Å². The summed E-state index contributed by atoms with van der Waals surface area (Å²) in [7, 11) is 0. The maximum atomic E-state index is 12.8. The Bertz CT molecular complexity index is 1330. The van der Waals surface area contributed by atoms with E-state index < -0.39 is 6.10 Å². The number of para-hydroxylation sites is 3. The molecular weight excluding hydrogens is 404 g/mol. The Hall–Kier alpha value is -4.13. The van der Waals surface area contributed by atoms with Crippen molar-refractivity contribution in [1.82, 2.24) is 14.9 Å². The number of hydrogen-bond acceptors (Lipinski definition) is 4. The van der Waals surface area contributed by atoms with Crippen LogP contribution in [0.3, 0.4) is 0 Å². The van der Waals surface area contributed by atoms with Crippen molar-refractivity contribution in [2.75, 3.05) is 5.32 Å². The van der Waals surface area contributed by atoms with Crippen LogP contribution in [0.15, 0.2) is 73.1 Å². The maximum absolute atomic E-state index is 12.8. The number of ether oxygens (including phenoxy) is 1. The monoisotopic (exact) mass is 426 g/mol. The summed E-state index contributed by atoms with van der Waals surface area (Å²) >= 11 is 0. The molecule has 0 spiro atoms. The van der Waals surface area contributed by atoms with Crippen molar-refractivity contribution in [3.8, 4) is 5.75 Å². The molecule has 1 aliphatic heterocycles. The number of amides is 2. The van der Waals surface area contributed by atoms with E-state index in [-0.39, 0.29) is 11.8 Å². The molecule has 32 heavy (non-hydrogen) atoms. The Balaban J connectivity index is 1.29. The summed E-state index contributed by atoms with van der Waals surface area (Å²) in [4.78, 5) is 29.1. The van der Waals surface area contributed by atoms with Crippen LogP contribution in [0, 0.1) is 0 Å². The van der Waals surface area contributed by atoms with Crippen LogP contribution in [0.1, 0.15) is 28.4 Å². The lowest BCUT2D eigenvalue weighted by Gasteiger charge is -2.25. The number of carbonyl (C=O) groups excluding carboxylic acids is 2. The minimum Gasteiger partial charge on any atom is -0.478 e. The van der Waals surface area contributed by atoms with Crippen LogP contribution in [-0.4, -0.2) is 27.5 Å². The first-order valence-corrected chi connectivity index (χ1v) is 10.4. The number of nitrogens with zero attached hydrogens (tertiary/aromatic N) is 2. The van der Waals surface area contributed by atoms with Crippen LogP contribution in [-0.2, 0) is 17.9 Å². The van der Waals surface area contributed by atoms with E-state index in [1.54, 1.807) is 25.1 Å². The molecule has 0 fully saturated rings. The summed E-state index contributed by atoms with van der Waals surface area (Å²) < 4.78 is 7.79. The molecule has 2 heterocycles. The van der Waals surface area contributed by atoms with Gasteiger partial charge in [-0.15, -0.1) is 0 Å². The van der Waals surface area contributed by atoms with Crippen molar-refractivity contribution in [3.63, 3.8) is 0 Å². The third kappa shape index (κ3) is 3.80. The highest BCUT2D eigenvalue weighted by molar-refractivity contribution is 6.03. The summed E-state index contributed by atoms with van der Waals surface area (Å²) in [6.07, 6.45) is 1.20. The van der Waals surface area contributed by atoms with Gasteiger partial charge >= 0.3 is 0 Å². The smallest absolute Gasteiger partial charge is 0.265 e. The number of imidazole rings is 1. The van der Waals surface area contributed by atoms with Gasteiger partial charge in [0, 0.05) is 13.1 Å². The molecule has 4 aromatic rings. The highest BCUT2D eigenvalue weighted by Crippen LogP contribution is 2.33. The molecule has 1 atom stereocenters. The van der Waals surface area contributed by atoms with Crippen molar-refractivity contribution < 1.29 is 14.3 Å². The van der Waals surface area contributed by atoms with E-state index in [1.807, 2.05) is 36.7 Å². The Kier molecular flexibility index (Phi) is 5.07. The Morgan fingerprint density at radius 3 is 2.81 bits per heavy atom. The number of carbonyl (C=O) groups is 2. The van der Waals surface area contributed by atoms with Gasteiger partial charge in [0.2, 0.25) is 0 Å². The van der Waals surface area contributed by atoms with Crippen molar-refractivity contribution in [2.24, 2.45) is 0 Å². The van der Waals surface area contributed by atoms with Gasteiger partial charge in [-0.25, -0.2) is 4.98 Å². The van der Waals surface area contributed by atoms with E-state index in [4.69, 9.17) is 4.74 Å². The van der Waals surface area contributed by atoms with E-state index >= 15 is 0 Å². The highest BCUT2D eigenvalue weighted by Gasteiger charge is 2.27. The number of fused-ring (bicyclic) bond motifs is 2. The second-order valence-electron chi connectivity index (χ2n) is 7.80. The minimum absolute atomic E-state index is 0.224. The fourth-order valence-electron chi connectivity index (χ4n) is 3.85. The molecule has 5 rings (SSSR count). The third-order valence-electron chi connectivity index (χ3n) is 5.51. The molecule has 0 saturated carbocycles. The molecule has 2 N–H and O–H groups in total. The zero-order chi connectivity index (χ0) is 22.1. The molecule has 7 nitrogen and oxygen atoms in total. The highest BCUT2D eigenvalue weighted by atomic mass is 16.5. The lowest BCUT2D eigenvalue weighted by Crippen LogP contribution is -2.35. The van der Waals surface area contributed by atoms with Gasteiger partial charge in [-0.2, -0.15) is 0 Å². The van der Waals surface area contributed by atoms with Crippen molar-refractivity contribution in [2.45, 2.75) is 26.1 Å². The van der Waals surface area contributed by atoms with Gasteiger partial charge in [0.25, 0.3) is 11.8 Å². The van der Waals surface area contributed by atoms with Crippen molar-refractivity contribution in [3.05, 3.63) is 89.7 Å². The standard InChI is InChI=1S/C25H22N4O3/c1-16-24(30)28-21-10-5-8-19(23(21)32-16)25(31)26-13-17-6-4-7-18(12-17)14-29-15-27-20-9-2-3-11-22(20)29/h2-12,15-16H,13-14H2,1H3,(H,26,31)(H,28,30). The van der Waals surface area contributed by atoms with Crippen LogP contribution in [0.4, 0.5) is 5.69 Å². The predicted molar refractivity (Wildman–Crippen MR) is 122 cm³/mol. The summed E-state index contributed by atoms with van der Waals surface area (Å²) in [5.41, 5.74) is 5.08. The summed E-state index contributed by atoms with van der Waals surface area (Å²) in [6, 6.07) is 21.3. The fraction of sp³-hybridized carbons (Fsp3) is 0.160. The second kappa shape index (κ2) is 8.19. The van der Waals surface area contributed by atoms with Crippen LogP contribution >= 0.6 is 0 Å². The molecule has 1 unspecified atom stereocenters. The van der Waals surface area contributed by atoms with Crippen LogP contribution in [0.2, 0.25) is 0 Å². The zero-order valence-electron chi connectivity index (χ0n) is 17.5. The summed E-state index contributed by atoms with van der Waals surface area (Å²) in [6.45, 7) is 2.73. The van der Waals surface area contributed by atoms with Gasteiger partial charge in [0.05, 0.1) is 28.6 Å². The average molecular weight is 426 g/mol. The summed E-state index contributed by atoms with van der Waals surface area (Å²) in [5, 5.41) is 5.72. The summed E-state index contributed by atoms with van der Waals surface area (Å²) in [5.74, 6) is -0.0772. The average Bonchev–Trinajstić information content (AvgIpc) is 3.21. The topological polar surface area (TPSA) is 85.2 Å². The largest absolute Gasteiger partial charge is 0.478 e. The molecule has 0 saturated heterocycles. The molecular formula is C25H22N4O3. The Morgan fingerprint density at radius 2 is 1.91 bits per heavy atom. The zero-order valence-corrected chi connectivity index (χ0v) is 17.5. The molecule has 2 amide bonds. The van der Waals surface area contributed by atoms with Crippen LogP contribution in [0.5, 0.6) is 5.75 Å². The fourth-order valence-corrected chi connectivity index (χ4v) is 3.85. The van der Waals surface area contributed by atoms with Gasteiger partial charge in [0.15, 0.2) is 11.9 Å². The first-order chi connectivity index (χ1) is 15.6. The molecule has 1 aliphatic rings. The molecule has 7 heteroatoms. The third-order valence-corrected chi connectivity index (χ3v) is 5.51. The number of anilines is 1. The van der Waals surface area contributed by atoms with E-state index in [0.717, 1.165) is 22.2 Å². The molecule has 0 radical (unpaired) electrons. The number of hydrogen-bond donors (Lipinski definition) is 2. The number of nitrogens with one attached hydrogen (secondary N) is 2. The Morgan fingerprint density at radius 1 is 1.09 bits per heavy atom.